The maximum atomic E-state index is 13.6. The lowest BCUT2D eigenvalue weighted by molar-refractivity contribution is 0.238. The fraction of sp³-hybridized carbons (Fsp3) is 0.545. The summed E-state index contributed by atoms with van der Waals surface area (Å²) in [6.07, 6.45) is 2.66. The Morgan fingerprint density at radius 2 is 2.18 bits per heavy atom. The molecule has 2 rings (SSSR count). The normalized spacial score (nSPS) is 20.6. The van der Waals surface area contributed by atoms with Gasteiger partial charge in [0, 0.05) is 12.6 Å². The van der Waals surface area contributed by atoms with Crippen molar-refractivity contribution in [3.63, 3.8) is 0 Å². The fourth-order valence-corrected chi connectivity index (χ4v) is 2.14. The second kappa shape index (κ2) is 4.83. The number of halogens is 2. The van der Waals surface area contributed by atoms with Crippen molar-refractivity contribution in [2.24, 2.45) is 0 Å². The van der Waals surface area contributed by atoms with Crippen molar-refractivity contribution in [2.75, 3.05) is 23.8 Å². The standard InChI is InChI=1S/C11H15F2N3O/c12-8-5-9(13)11(15-10(8)14)16-4-2-1-3-7(16)6-17/h5,7,17H,1-4,6H2,(H2,14,15). The van der Waals surface area contributed by atoms with Crippen LogP contribution in [0.15, 0.2) is 6.07 Å². The molecule has 2 heterocycles. The molecule has 1 atom stereocenters. The summed E-state index contributed by atoms with van der Waals surface area (Å²) in [6, 6.07) is 0.566. The highest BCUT2D eigenvalue weighted by atomic mass is 19.1. The van der Waals surface area contributed by atoms with Crippen LogP contribution in [0, 0.1) is 11.6 Å². The molecule has 1 saturated heterocycles. The van der Waals surface area contributed by atoms with Gasteiger partial charge in [0.1, 0.15) is 0 Å². The number of nitrogens with zero attached hydrogens (tertiary/aromatic N) is 2. The Balaban J connectivity index is 2.34. The van der Waals surface area contributed by atoms with Crippen molar-refractivity contribution in [3.8, 4) is 0 Å². The zero-order chi connectivity index (χ0) is 12.4. The first-order valence-corrected chi connectivity index (χ1v) is 5.62. The quantitative estimate of drug-likeness (QED) is 0.821. The molecule has 4 nitrogen and oxygen atoms in total. The van der Waals surface area contributed by atoms with E-state index in [9.17, 15) is 13.9 Å². The van der Waals surface area contributed by atoms with Crippen LogP contribution in [0.3, 0.4) is 0 Å². The predicted molar refractivity (Wildman–Crippen MR) is 60.6 cm³/mol. The fourth-order valence-electron chi connectivity index (χ4n) is 2.14. The Morgan fingerprint density at radius 1 is 1.41 bits per heavy atom. The summed E-state index contributed by atoms with van der Waals surface area (Å²) in [6.45, 7) is 0.526. The topological polar surface area (TPSA) is 62.4 Å². The summed E-state index contributed by atoms with van der Waals surface area (Å²) in [5.74, 6) is -1.88. The SMILES string of the molecule is Nc1nc(N2CCCCC2CO)c(F)cc1F. The molecule has 0 aliphatic carbocycles. The van der Waals surface area contributed by atoms with Gasteiger partial charge in [-0.25, -0.2) is 13.8 Å². The molecule has 6 heteroatoms. The van der Waals surface area contributed by atoms with Crippen molar-refractivity contribution in [1.29, 1.82) is 0 Å². The van der Waals surface area contributed by atoms with E-state index in [1.807, 2.05) is 0 Å². The minimum atomic E-state index is -0.858. The summed E-state index contributed by atoms with van der Waals surface area (Å²) in [5.41, 5.74) is 5.34. The summed E-state index contributed by atoms with van der Waals surface area (Å²) in [5, 5.41) is 9.24. The first kappa shape index (κ1) is 12.0. The van der Waals surface area contributed by atoms with Crippen molar-refractivity contribution >= 4 is 11.6 Å². The Kier molecular flexibility index (Phi) is 3.42. The van der Waals surface area contributed by atoms with Crippen LogP contribution in [0.25, 0.3) is 0 Å². The molecule has 0 saturated carbocycles. The molecule has 0 radical (unpaired) electrons. The average molecular weight is 243 g/mol. The largest absolute Gasteiger partial charge is 0.394 e. The van der Waals surface area contributed by atoms with E-state index >= 15 is 0 Å². The molecule has 1 aromatic heterocycles. The van der Waals surface area contributed by atoms with Crippen LogP contribution in [-0.4, -0.2) is 29.3 Å². The number of hydrogen-bond donors (Lipinski definition) is 2. The van der Waals surface area contributed by atoms with E-state index in [1.165, 1.54) is 0 Å². The first-order chi connectivity index (χ1) is 8.13. The molecule has 0 aromatic carbocycles. The van der Waals surface area contributed by atoms with Crippen molar-refractivity contribution in [2.45, 2.75) is 25.3 Å². The molecular formula is C11H15F2N3O. The predicted octanol–water partition coefficient (Wildman–Crippen LogP) is 1.29. The second-order valence-corrected chi connectivity index (χ2v) is 4.19. The second-order valence-electron chi connectivity index (χ2n) is 4.19. The zero-order valence-corrected chi connectivity index (χ0v) is 9.37. The molecule has 1 unspecified atom stereocenters. The zero-order valence-electron chi connectivity index (χ0n) is 9.37. The Morgan fingerprint density at radius 3 is 2.88 bits per heavy atom. The molecular weight excluding hydrogens is 228 g/mol. The van der Waals surface area contributed by atoms with Crippen LogP contribution in [-0.2, 0) is 0 Å². The van der Waals surface area contributed by atoms with Crippen molar-refractivity contribution in [1.82, 2.24) is 4.98 Å². The number of anilines is 2. The van der Waals surface area contributed by atoms with Gasteiger partial charge in [-0.15, -0.1) is 0 Å². The van der Waals surface area contributed by atoms with Gasteiger partial charge in [0.15, 0.2) is 23.3 Å². The average Bonchev–Trinajstić information content (AvgIpc) is 2.34. The summed E-state index contributed by atoms with van der Waals surface area (Å²) < 4.78 is 26.7. The number of aliphatic hydroxyl groups excluding tert-OH is 1. The minimum absolute atomic E-state index is 0.0302. The van der Waals surface area contributed by atoms with Crippen molar-refractivity contribution in [3.05, 3.63) is 17.7 Å². The van der Waals surface area contributed by atoms with Gasteiger partial charge in [0.25, 0.3) is 0 Å². The van der Waals surface area contributed by atoms with Gasteiger partial charge in [-0.3, -0.25) is 0 Å². The van der Waals surface area contributed by atoms with E-state index in [0.717, 1.165) is 25.3 Å². The number of aromatic nitrogens is 1. The van der Waals surface area contributed by atoms with Crippen LogP contribution < -0.4 is 10.6 Å². The van der Waals surface area contributed by atoms with Gasteiger partial charge < -0.3 is 15.7 Å². The lowest BCUT2D eigenvalue weighted by Crippen LogP contribution is -2.43. The Hall–Kier alpha value is -1.43. The molecule has 1 fully saturated rings. The van der Waals surface area contributed by atoms with Crippen LogP contribution in [0.5, 0.6) is 0 Å². The number of nitrogen functional groups attached to an aromatic ring is 1. The minimum Gasteiger partial charge on any atom is -0.394 e. The summed E-state index contributed by atoms with van der Waals surface area (Å²) in [7, 11) is 0. The molecule has 1 aliphatic rings. The molecule has 3 N–H and O–H groups in total. The number of nitrogens with two attached hydrogens (primary N) is 1. The highest BCUT2D eigenvalue weighted by Crippen LogP contribution is 2.27. The van der Waals surface area contributed by atoms with Gasteiger partial charge >= 0.3 is 0 Å². The smallest absolute Gasteiger partial charge is 0.168 e. The van der Waals surface area contributed by atoms with E-state index < -0.39 is 11.6 Å². The highest BCUT2D eigenvalue weighted by molar-refractivity contribution is 5.48. The van der Waals surface area contributed by atoms with Gasteiger partial charge in [-0.2, -0.15) is 0 Å². The van der Waals surface area contributed by atoms with Gasteiger partial charge in [-0.1, -0.05) is 0 Å². The summed E-state index contributed by atoms with van der Waals surface area (Å²) >= 11 is 0. The third-order valence-electron chi connectivity index (χ3n) is 3.05. The molecule has 17 heavy (non-hydrogen) atoms. The molecule has 94 valence electrons. The van der Waals surface area contributed by atoms with E-state index in [-0.39, 0.29) is 24.3 Å². The Labute approximate surface area is 98.1 Å². The van der Waals surface area contributed by atoms with E-state index in [1.54, 1.807) is 4.90 Å². The number of piperidine rings is 1. The van der Waals surface area contributed by atoms with Crippen LogP contribution in [0.1, 0.15) is 19.3 Å². The molecule has 1 aliphatic heterocycles. The third kappa shape index (κ3) is 2.31. The maximum Gasteiger partial charge on any atom is 0.168 e. The first-order valence-electron chi connectivity index (χ1n) is 5.62. The lowest BCUT2D eigenvalue weighted by atomic mass is 10.0. The monoisotopic (exact) mass is 243 g/mol. The number of pyridine rings is 1. The molecule has 1 aromatic rings. The molecule has 0 bridgehead atoms. The van der Waals surface area contributed by atoms with Gasteiger partial charge in [0.2, 0.25) is 0 Å². The maximum absolute atomic E-state index is 13.6. The van der Waals surface area contributed by atoms with Crippen LogP contribution in [0.2, 0.25) is 0 Å². The highest BCUT2D eigenvalue weighted by Gasteiger charge is 2.26. The van der Waals surface area contributed by atoms with Crippen LogP contribution in [0.4, 0.5) is 20.4 Å². The van der Waals surface area contributed by atoms with Crippen molar-refractivity contribution < 1.29 is 13.9 Å². The van der Waals surface area contributed by atoms with Gasteiger partial charge in [-0.05, 0) is 19.3 Å². The summed E-state index contributed by atoms with van der Waals surface area (Å²) in [4.78, 5) is 5.40. The molecule has 0 spiro atoms. The Bertz CT molecular complexity index is 414. The number of rotatable bonds is 2. The lowest BCUT2D eigenvalue weighted by Gasteiger charge is -2.35. The number of aliphatic hydroxyl groups is 1. The van der Waals surface area contributed by atoms with Crippen LogP contribution >= 0.6 is 0 Å². The van der Waals surface area contributed by atoms with Gasteiger partial charge in [0.05, 0.1) is 12.6 Å². The molecule has 0 amide bonds. The third-order valence-corrected chi connectivity index (χ3v) is 3.05. The van der Waals surface area contributed by atoms with E-state index in [4.69, 9.17) is 5.73 Å². The van der Waals surface area contributed by atoms with E-state index in [2.05, 4.69) is 4.98 Å². The van der Waals surface area contributed by atoms with E-state index in [0.29, 0.717) is 6.54 Å². The number of hydrogen-bond acceptors (Lipinski definition) is 4.